The number of carbonyl (C=O) groups excluding carboxylic acids is 2. The first-order valence-corrected chi connectivity index (χ1v) is 14.7. The van der Waals surface area contributed by atoms with Crippen molar-refractivity contribution in [3.05, 3.63) is 59.0 Å². The van der Waals surface area contributed by atoms with Crippen molar-refractivity contribution in [2.24, 2.45) is 0 Å². The van der Waals surface area contributed by atoms with Gasteiger partial charge in [0.1, 0.15) is 10.8 Å². The fourth-order valence-electron chi connectivity index (χ4n) is 6.85. The van der Waals surface area contributed by atoms with Crippen LogP contribution in [0.4, 0.5) is 8.78 Å². The van der Waals surface area contributed by atoms with Crippen LogP contribution in [0.1, 0.15) is 65.8 Å². The SMILES string of the molecule is O=C(c1cc2cc(C(=O)[N+]3(C4CCNCC4)CCCCC3)ccc2n1-c1ccc(Cl)nc1)N1CCC(F)(F)CC1. The van der Waals surface area contributed by atoms with Crippen molar-refractivity contribution in [2.45, 2.75) is 56.9 Å². The molecule has 0 radical (unpaired) electrons. The second kappa shape index (κ2) is 10.8. The summed E-state index contributed by atoms with van der Waals surface area (Å²) in [6.45, 7) is 3.58. The molecule has 1 aromatic carbocycles. The second-order valence-electron chi connectivity index (χ2n) is 11.5. The third-order valence-electron chi connectivity index (χ3n) is 9.05. The van der Waals surface area contributed by atoms with Gasteiger partial charge in [0.05, 0.1) is 42.1 Å². The van der Waals surface area contributed by atoms with Gasteiger partial charge < -0.3 is 14.8 Å². The van der Waals surface area contributed by atoms with Crippen LogP contribution >= 0.6 is 11.6 Å². The smallest absolute Gasteiger partial charge is 0.337 e. The van der Waals surface area contributed by atoms with Crippen LogP contribution in [-0.4, -0.2) is 82.0 Å². The fourth-order valence-corrected chi connectivity index (χ4v) is 6.96. The Bertz CT molecular complexity index is 1400. The fraction of sp³-hybridized carbons (Fsp3) is 0.500. The lowest BCUT2D eigenvalue weighted by Crippen LogP contribution is -2.63. The summed E-state index contributed by atoms with van der Waals surface area (Å²) in [5, 5.41) is 4.51. The van der Waals surface area contributed by atoms with E-state index in [0.29, 0.717) is 32.6 Å². The van der Waals surface area contributed by atoms with E-state index in [1.165, 1.54) is 4.90 Å². The zero-order chi connectivity index (χ0) is 27.9. The molecule has 212 valence electrons. The minimum atomic E-state index is -2.75. The molecule has 3 fully saturated rings. The number of carbonyl (C=O) groups is 2. The van der Waals surface area contributed by atoms with Crippen molar-refractivity contribution >= 4 is 34.3 Å². The van der Waals surface area contributed by atoms with Gasteiger partial charge in [0, 0.05) is 57.2 Å². The molecule has 2 aromatic heterocycles. The largest absolute Gasteiger partial charge is 0.346 e. The standard InChI is InChI=1S/C30H35ClF2N5O2/c31-27-7-5-23(20-35-27)37-25-6-4-21(29(40)38(16-2-1-3-17-38)24-8-12-34-13-9-24)18-22(25)19-26(37)28(39)36-14-10-30(32,33)11-15-36/h4-7,18-20,24,34H,1-3,8-17H2/q+1. The Morgan fingerprint density at radius 1 is 1.00 bits per heavy atom. The molecule has 0 bridgehead atoms. The number of amides is 2. The highest BCUT2D eigenvalue weighted by atomic mass is 35.5. The Morgan fingerprint density at radius 2 is 1.73 bits per heavy atom. The highest BCUT2D eigenvalue weighted by Gasteiger charge is 2.46. The second-order valence-corrected chi connectivity index (χ2v) is 11.8. The van der Waals surface area contributed by atoms with Crippen LogP contribution in [0.15, 0.2) is 42.6 Å². The van der Waals surface area contributed by atoms with Gasteiger partial charge >= 0.3 is 5.91 Å². The van der Waals surface area contributed by atoms with Gasteiger partial charge in [-0.25, -0.2) is 18.6 Å². The first-order chi connectivity index (χ1) is 19.3. The molecular weight excluding hydrogens is 536 g/mol. The maximum absolute atomic E-state index is 14.3. The molecule has 0 aliphatic carbocycles. The summed E-state index contributed by atoms with van der Waals surface area (Å²) in [6, 6.07) is 11.2. The van der Waals surface area contributed by atoms with E-state index in [1.807, 2.05) is 18.2 Å². The highest BCUT2D eigenvalue weighted by molar-refractivity contribution is 6.29. The number of pyridine rings is 1. The summed E-state index contributed by atoms with van der Waals surface area (Å²) in [5.74, 6) is -2.91. The van der Waals surface area contributed by atoms with Crippen LogP contribution in [0.2, 0.25) is 5.15 Å². The number of nitrogens with zero attached hydrogens (tertiary/aromatic N) is 4. The molecule has 10 heteroatoms. The summed E-state index contributed by atoms with van der Waals surface area (Å²) in [6.07, 6.45) is 6.11. The van der Waals surface area contributed by atoms with Crippen molar-refractivity contribution in [1.82, 2.24) is 19.8 Å². The maximum Gasteiger partial charge on any atom is 0.346 e. The van der Waals surface area contributed by atoms with E-state index in [4.69, 9.17) is 11.6 Å². The molecule has 3 aliphatic rings. The molecule has 3 saturated heterocycles. The quantitative estimate of drug-likeness (QED) is 0.335. The van der Waals surface area contributed by atoms with Crippen molar-refractivity contribution in [3.8, 4) is 5.69 Å². The highest BCUT2D eigenvalue weighted by Crippen LogP contribution is 2.34. The van der Waals surface area contributed by atoms with Crippen LogP contribution in [0.3, 0.4) is 0 Å². The molecule has 1 N–H and O–H groups in total. The monoisotopic (exact) mass is 570 g/mol. The van der Waals surface area contributed by atoms with E-state index in [2.05, 4.69) is 10.3 Å². The first kappa shape index (κ1) is 27.3. The lowest BCUT2D eigenvalue weighted by molar-refractivity contribution is -0.880. The number of alkyl halides is 2. The number of hydrogen-bond donors (Lipinski definition) is 1. The van der Waals surface area contributed by atoms with Crippen LogP contribution in [0.5, 0.6) is 0 Å². The van der Waals surface area contributed by atoms with Crippen molar-refractivity contribution < 1.29 is 22.9 Å². The number of piperidine rings is 3. The van der Waals surface area contributed by atoms with E-state index in [1.54, 1.807) is 29.0 Å². The maximum atomic E-state index is 14.3. The Balaban J connectivity index is 1.41. The number of aromatic nitrogens is 2. The Hall–Kier alpha value is -2.88. The number of likely N-dealkylation sites (tertiary alicyclic amines) is 2. The van der Waals surface area contributed by atoms with E-state index in [9.17, 15) is 18.4 Å². The predicted molar refractivity (Wildman–Crippen MR) is 150 cm³/mol. The van der Waals surface area contributed by atoms with Gasteiger partial charge in [0.15, 0.2) is 0 Å². The molecule has 0 unspecified atom stereocenters. The average molecular weight is 571 g/mol. The van der Waals surface area contributed by atoms with Crippen LogP contribution < -0.4 is 5.32 Å². The number of quaternary nitrogens is 1. The van der Waals surface area contributed by atoms with Gasteiger partial charge in [-0.2, -0.15) is 0 Å². The van der Waals surface area contributed by atoms with Crippen molar-refractivity contribution in [1.29, 1.82) is 0 Å². The Morgan fingerprint density at radius 3 is 2.40 bits per heavy atom. The number of benzene rings is 1. The number of nitrogens with one attached hydrogen (secondary N) is 1. The number of rotatable bonds is 4. The molecule has 2 amide bonds. The summed E-state index contributed by atoms with van der Waals surface area (Å²) in [7, 11) is 0. The molecule has 40 heavy (non-hydrogen) atoms. The van der Waals surface area contributed by atoms with Gasteiger partial charge in [0.2, 0.25) is 0 Å². The summed E-state index contributed by atoms with van der Waals surface area (Å²) < 4.78 is 30.0. The van der Waals surface area contributed by atoms with E-state index in [0.717, 1.165) is 69.2 Å². The molecule has 0 atom stereocenters. The summed E-state index contributed by atoms with van der Waals surface area (Å²) in [5.41, 5.74) is 2.39. The topological polar surface area (TPSA) is 67.2 Å². The minimum Gasteiger partial charge on any atom is -0.337 e. The third kappa shape index (κ3) is 5.03. The van der Waals surface area contributed by atoms with Crippen LogP contribution in [-0.2, 0) is 0 Å². The normalized spacial score (nSPS) is 21.4. The van der Waals surface area contributed by atoms with Gasteiger partial charge in [-0.05, 0) is 55.7 Å². The van der Waals surface area contributed by atoms with Gasteiger partial charge in [-0.15, -0.1) is 0 Å². The lowest BCUT2D eigenvalue weighted by Gasteiger charge is -2.46. The van der Waals surface area contributed by atoms with Crippen LogP contribution in [0.25, 0.3) is 16.6 Å². The van der Waals surface area contributed by atoms with Gasteiger partial charge in [-0.1, -0.05) is 11.6 Å². The molecule has 7 nitrogen and oxygen atoms in total. The number of hydrogen-bond acceptors (Lipinski definition) is 4. The molecule has 3 aliphatic heterocycles. The minimum absolute atomic E-state index is 0.00773. The zero-order valence-electron chi connectivity index (χ0n) is 22.6. The van der Waals surface area contributed by atoms with E-state index < -0.39 is 5.92 Å². The lowest BCUT2D eigenvalue weighted by atomic mass is 9.94. The molecule has 6 rings (SSSR count). The van der Waals surface area contributed by atoms with Gasteiger partial charge in [-0.3, -0.25) is 9.28 Å². The summed E-state index contributed by atoms with van der Waals surface area (Å²) in [4.78, 5) is 33.7. The first-order valence-electron chi connectivity index (χ1n) is 14.3. The summed E-state index contributed by atoms with van der Waals surface area (Å²) >= 11 is 6.04. The zero-order valence-corrected chi connectivity index (χ0v) is 23.3. The number of halogens is 3. The third-order valence-corrected chi connectivity index (χ3v) is 9.27. The van der Waals surface area contributed by atoms with E-state index in [-0.39, 0.29) is 37.7 Å². The van der Waals surface area contributed by atoms with Crippen molar-refractivity contribution in [3.63, 3.8) is 0 Å². The number of fused-ring (bicyclic) bond motifs is 1. The molecule has 5 heterocycles. The van der Waals surface area contributed by atoms with E-state index >= 15 is 0 Å². The molecular formula is C30H35ClF2N5O2+. The predicted octanol–water partition coefficient (Wildman–Crippen LogP) is 5.44. The average Bonchev–Trinajstić information content (AvgIpc) is 3.36. The molecule has 3 aromatic rings. The Kier molecular flexibility index (Phi) is 7.39. The molecule has 0 spiro atoms. The van der Waals surface area contributed by atoms with Gasteiger partial charge in [0.25, 0.3) is 11.8 Å². The van der Waals surface area contributed by atoms with Crippen molar-refractivity contribution in [2.75, 3.05) is 39.3 Å². The Labute approximate surface area is 237 Å². The molecule has 0 saturated carbocycles. The van der Waals surface area contributed by atoms with Crippen LogP contribution in [0, 0.1) is 0 Å².